The van der Waals surface area contributed by atoms with Gasteiger partial charge >= 0.3 is 0 Å². The zero-order valence-electron chi connectivity index (χ0n) is 18.9. The first-order valence-electron chi connectivity index (χ1n) is 11.4. The number of rotatable bonds is 8. The molecule has 30 heavy (non-hydrogen) atoms. The van der Waals surface area contributed by atoms with Gasteiger partial charge in [-0.2, -0.15) is 0 Å². The maximum absolute atomic E-state index is 13.3. The number of carbonyl (C=O) groups excluding carboxylic acids is 1. The van der Waals surface area contributed by atoms with Crippen LogP contribution in [0.1, 0.15) is 76.3 Å². The van der Waals surface area contributed by atoms with E-state index in [4.69, 9.17) is 4.74 Å². The molecular weight excluding hydrogens is 376 g/mol. The molecule has 0 saturated heterocycles. The van der Waals surface area contributed by atoms with Gasteiger partial charge in [-0.15, -0.1) is 0 Å². The van der Waals surface area contributed by atoms with Crippen molar-refractivity contribution in [1.82, 2.24) is 9.88 Å². The Hall–Kier alpha value is -2.30. The van der Waals surface area contributed by atoms with Crippen LogP contribution >= 0.6 is 0 Å². The minimum atomic E-state index is -0.0450. The van der Waals surface area contributed by atoms with Gasteiger partial charge in [0.15, 0.2) is 0 Å². The largest absolute Gasteiger partial charge is 0.497 e. The SMILES string of the molecule is CCCN(CC(C)C)C(=O)Cc1c(C2CCCCC2)c(=O)[nH]c2cc(OC)ccc12. The number of H-pyrrole nitrogens is 1. The Morgan fingerprint density at radius 3 is 2.60 bits per heavy atom. The number of aromatic nitrogens is 1. The summed E-state index contributed by atoms with van der Waals surface area (Å²) < 4.78 is 5.35. The van der Waals surface area contributed by atoms with Crippen molar-refractivity contribution in [3.63, 3.8) is 0 Å². The molecule has 1 aliphatic rings. The third-order valence-corrected chi connectivity index (χ3v) is 6.14. The summed E-state index contributed by atoms with van der Waals surface area (Å²) in [6.45, 7) is 7.88. The van der Waals surface area contributed by atoms with Gasteiger partial charge in [-0.1, -0.05) is 40.0 Å². The maximum Gasteiger partial charge on any atom is 0.252 e. The highest BCUT2D eigenvalue weighted by molar-refractivity contribution is 5.90. The van der Waals surface area contributed by atoms with Crippen molar-refractivity contribution < 1.29 is 9.53 Å². The molecule has 5 heteroatoms. The van der Waals surface area contributed by atoms with Crippen molar-refractivity contribution in [2.75, 3.05) is 20.2 Å². The smallest absolute Gasteiger partial charge is 0.252 e. The lowest BCUT2D eigenvalue weighted by atomic mass is 9.81. The van der Waals surface area contributed by atoms with E-state index in [1.54, 1.807) is 7.11 Å². The van der Waals surface area contributed by atoms with Gasteiger partial charge in [0.1, 0.15) is 5.75 Å². The molecule has 1 aromatic carbocycles. The van der Waals surface area contributed by atoms with E-state index in [1.807, 2.05) is 23.1 Å². The second-order valence-electron chi connectivity index (χ2n) is 9.00. The minimum Gasteiger partial charge on any atom is -0.497 e. The van der Waals surface area contributed by atoms with Gasteiger partial charge < -0.3 is 14.6 Å². The second-order valence-corrected chi connectivity index (χ2v) is 9.00. The van der Waals surface area contributed by atoms with Crippen LogP contribution in [0, 0.1) is 5.92 Å². The fraction of sp³-hybridized carbons (Fsp3) is 0.600. The van der Waals surface area contributed by atoms with Crippen LogP contribution in [0.15, 0.2) is 23.0 Å². The van der Waals surface area contributed by atoms with E-state index in [0.29, 0.717) is 11.7 Å². The fourth-order valence-corrected chi connectivity index (χ4v) is 4.79. The average Bonchev–Trinajstić information content (AvgIpc) is 2.73. The summed E-state index contributed by atoms with van der Waals surface area (Å²) in [6, 6.07) is 5.76. The summed E-state index contributed by atoms with van der Waals surface area (Å²) in [5.41, 5.74) is 2.45. The zero-order valence-corrected chi connectivity index (χ0v) is 18.9. The van der Waals surface area contributed by atoms with E-state index in [0.717, 1.165) is 67.2 Å². The lowest BCUT2D eigenvalue weighted by molar-refractivity contribution is -0.131. The summed E-state index contributed by atoms with van der Waals surface area (Å²) in [4.78, 5) is 31.6. The van der Waals surface area contributed by atoms with Crippen LogP contribution in [0.2, 0.25) is 0 Å². The second kappa shape index (κ2) is 10.1. The molecule has 1 aliphatic carbocycles. The first kappa shape index (κ1) is 22.4. The van der Waals surface area contributed by atoms with E-state index in [2.05, 4.69) is 25.8 Å². The van der Waals surface area contributed by atoms with Crippen LogP contribution in [0.3, 0.4) is 0 Å². The Kier molecular flexibility index (Phi) is 7.57. The van der Waals surface area contributed by atoms with Crippen molar-refractivity contribution >= 4 is 16.8 Å². The lowest BCUT2D eigenvalue weighted by Gasteiger charge is -2.27. The minimum absolute atomic E-state index is 0.0450. The summed E-state index contributed by atoms with van der Waals surface area (Å²) in [6.07, 6.45) is 6.78. The molecule has 3 rings (SSSR count). The van der Waals surface area contributed by atoms with E-state index in [9.17, 15) is 9.59 Å². The Labute approximate surface area is 179 Å². The number of nitrogens with one attached hydrogen (secondary N) is 1. The quantitative estimate of drug-likeness (QED) is 0.662. The molecule has 1 N–H and O–H groups in total. The van der Waals surface area contributed by atoms with E-state index in [-0.39, 0.29) is 23.8 Å². The molecule has 1 aromatic heterocycles. The maximum atomic E-state index is 13.3. The standard InChI is InChI=1S/C25H36N2O3/c1-5-13-27(16-17(2)3)23(28)15-21-20-12-11-19(30-4)14-22(20)26-25(29)24(21)18-9-7-6-8-10-18/h11-12,14,17-18H,5-10,13,15-16H2,1-4H3,(H,26,29). The molecular formula is C25H36N2O3. The summed E-state index contributed by atoms with van der Waals surface area (Å²) in [7, 11) is 1.62. The highest BCUT2D eigenvalue weighted by Crippen LogP contribution is 2.35. The van der Waals surface area contributed by atoms with Crippen molar-refractivity contribution in [3.8, 4) is 5.75 Å². The Morgan fingerprint density at radius 1 is 1.23 bits per heavy atom. The molecule has 0 radical (unpaired) electrons. The number of pyridine rings is 1. The van der Waals surface area contributed by atoms with Gasteiger partial charge in [-0.25, -0.2) is 0 Å². The molecule has 0 unspecified atom stereocenters. The number of benzene rings is 1. The number of methoxy groups -OCH3 is 1. The number of amides is 1. The van der Waals surface area contributed by atoms with Gasteiger partial charge in [0.05, 0.1) is 19.0 Å². The Bertz CT molecular complexity index is 926. The number of hydrogen-bond acceptors (Lipinski definition) is 3. The third-order valence-electron chi connectivity index (χ3n) is 6.14. The molecule has 0 bridgehead atoms. The number of carbonyl (C=O) groups is 1. The topological polar surface area (TPSA) is 62.4 Å². The third kappa shape index (κ3) is 5.05. The fourth-order valence-electron chi connectivity index (χ4n) is 4.79. The van der Waals surface area contributed by atoms with Crippen molar-refractivity contribution in [2.24, 2.45) is 5.92 Å². The molecule has 0 spiro atoms. The molecule has 0 atom stereocenters. The normalized spacial score (nSPS) is 15.0. The van der Waals surface area contributed by atoms with Crippen molar-refractivity contribution in [2.45, 2.75) is 71.6 Å². The predicted octanol–water partition coefficient (Wildman–Crippen LogP) is 5.02. The Morgan fingerprint density at radius 2 is 1.97 bits per heavy atom. The molecule has 1 amide bonds. The van der Waals surface area contributed by atoms with Crippen LogP contribution in [0.5, 0.6) is 5.75 Å². The van der Waals surface area contributed by atoms with Gasteiger partial charge in [0.25, 0.3) is 5.56 Å². The Balaban J connectivity index is 2.08. The molecule has 1 fully saturated rings. The monoisotopic (exact) mass is 412 g/mol. The van der Waals surface area contributed by atoms with Crippen molar-refractivity contribution in [1.29, 1.82) is 0 Å². The molecule has 1 saturated carbocycles. The van der Waals surface area contributed by atoms with Crippen LogP contribution in [0.25, 0.3) is 10.9 Å². The van der Waals surface area contributed by atoms with Gasteiger partial charge in [0, 0.05) is 30.1 Å². The zero-order chi connectivity index (χ0) is 21.7. The van der Waals surface area contributed by atoms with Crippen LogP contribution in [-0.4, -0.2) is 36.0 Å². The first-order chi connectivity index (χ1) is 14.4. The number of hydrogen-bond donors (Lipinski definition) is 1. The number of aromatic amines is 1. The molecule has 2 aromatic rings. The lowest BCUT2D eigenvalue weighted by Crippen LogP contribution is -2.36. The van der Waals surface area contributed by atoms with Crippen LogP contribution in [-0.2, 0) is 11.2 Å². The first-order valence-corrected chi connectivity index (χ1v) is 11.4. The molecule has 5 nitrogen and oxygen atoms in total. The van der Waals surface area contributed by atoms with Gasteiger partial charge in [-0.05, 0) is 48.8 Å². The van der Waals surface area contributed by atoms with E-state index >= 15 is 0 Å². The van der Waals surface area contributed by atoms with Crippen molar-refractivity contribution in [3.05, 3.63) is 39.7 Å². The van der Waals surface area contributed by atoms with E-state index < -0.39 is 0 Å². The van der Waals surface area contributed by atoms with Crippen LogP contribution in [0.4, 0.5) is 0 Å². The summed E-state index contributed by atoms with van der Waals surface area (Å²) >= 11 is 0. The van der Waals surface area contributed by atoms with Gasteiger partial charge in [-0.3, -0.25) is 9.59 Å². The molecule has 164 valence electrons. The summed E-state index contributed by atoms with van der Waals surface area (Å²) in [5.74, 6) is 1.47. The highest BCUT2D eigenvalue weighted by Gasteiger charge is 2.26. The number of nitrogens with zero attached hydrogens (tertiary/aromatic N) is 1. The van der Waals surface area contributed by atoms with E-state index in [1.165, 1.54) is 6.42 Å². The number of fused-ring (bicyclic) bond motifs is 1. The highest BCUT2D eigenvalue weighted by atomic mass is 16.5. The predicted molar refractivity (Wildman–Crippen MR) is 122 cm³/mol. The van der Waals surface area contributed by atoms with Crippen LogP contribution < -0.4 is 10.3 Å². The molecule has 0 aliphatic heterocycles. The molecule has 1 heterocycles. The van der Waals surface area contributed by atoms with Gasteiger partial charge in [0.2, 0.25) is 5.91 Å². The average molecular weight is 413 g/mol. The summed E-state index contributed by atoms with van der Waals surface area (Å²) in [5, 5.41) is 0.963. The number of ether oxygens (including phenoxy) is 1.